The predicted octanol–water partition coefficient (Wildman–Crippen LogP) is 8.56. The minimum Gasteiger partial charge on any atom is -0.493 e. The van der Waals surface area contributed by atoms with Crippen LogP contribution >= 0.6 is 11.3 Å². The van der Waals surface area contributed by atoms with Crippen molar-refractivity contribution in [3.63, 3.8) is 0 Å². The highest BCUT2D eigenvalue weighted by Gasteiger charge is 2.56. The molecule has 5 rings (SSSR count). The van der Waals surface area contributed by atoms with Crippen LogP contribution in [-0.2, 0) is 21.9 Å². The first-order chi connectivity index (χ1) is 24.7. The number of likely N-dealkylation sites (tertiary alicyclic amines) is 2. The Balaban J connectivity index is 1.45. The minimum absolute atomic E-state index is 0.00151. The lowest BCUT2D eigenvalue weighted by Crippen LogP contribution is -2.68. The maximum absolute atomic E-state index is 14.8. The summed E-state index contributed by atoms with van der Waals surface area (Å²) < 4.78 is 95.3. The SMILES string of the molecule is CCC[C@H]1N(C(=O)c2ncccc2C(F)(F)F)CCC[C@@]1(Oc1csc(C(F)(F)F)c1)C(=O)N1CCC(c2ccccc2OCCCC(C)=O)CC1. The summed E-state index contributed by atoms with van der Waals surface area (Å²) in [5, 5.41) is 1.15. The van der Waals surface area contributed by atoms with Gasteiger partial charge in [0.05, 0.1) is 18.2 Å². The third kappa shape index (κ3) is 8.72. The van der Waals surface area contributed by atoms with Crippen LogP contribution in [0, 0.1) is 0 Å². The normalized spacial score (nSPS) is 20.1. The molecule has 52 heavy (non-hydrogen) atoms. The molecule has 0 spiro atoms. The molecule has 0 radical (unpaired) electrons. The van der Waals surface area contributed by atoms with Gasteiger partial charge in [-0.15, -0.1) is 11.3 Å². The fourth-order valence-electron chi connectivity index (χ4n) is 7.19. The molecule has 2 fully saturated rings. The fourth-order valence-corrected chi connectivity index (χ4v) is 7.87. The molecule has 2 amide bonds. The number of hydrogen-bond acceptors (Lipinski definition) is 7. The lowest BCUT2D eigenvalue weighted by molar-refractivity contribution is -0.160. The average Bonchev–Trinajstić information content (AvgIpc) is 3.59. The van der Waals surface area contributed by atoms with E-state index in [-0.39, 0.29) is 56.3 Å². The molecule has 8 nitrogen and oxygen atoms in total. The van der Waals surface area contributed by atoms with Gasteiger partial charge in [-0.25, -0.2) is 0 Å². The topological polar surface area (TPSA) is 89.0 Å². The number of benzene rings is 1. The number of amides is 2. The van der Waals surface area contributed by atoms with Crippen LogP contribution in [-0.4, -0.2) is 70.3 Å². The van der Waals surface area contributed by atoms with Gasteiger partial charge in [-0.1, -0.05) is 31.5 Å². The van der Waals surface area contributed by atoms with Crippen molar-refractivity contribution < 1.29 is 50.2 Å². The molecule has 0 N–H and O–H groups in total. The lowest BCUT2D eigenvalue weighted by atomic mass is 9.79. The van der Waals surface area contributed by atoms with Crippen molar-refractivity contribution >= 4 is 28.9 Å². The van der Waals surface area contributed by atoms with Gasteiger partial charge in [0.2, 0.25) is 5.60 Å². The van der Waals surface area contributed by atoms with E-state index in [1.807, 2.05) is 24.3 Å². The van der Waals surface area contributed by atoms with Crippen molar-refractivity contribution in [2.24, 2.45) is 0 Å². The molecule has 0 bridgehead atoms. The predicted molar refractivity (Wildman–Crippen MR) is 181 cm³/mol. The highest BCUT2D eigenvalue weighted by atomic mass is 32.1. The molecule has 4 heterocycles. The molecule has 0 saturated carbocycles. The molecule has 2 saturated heterocycles. The van der Waals surface area contributed by atoms with E-state index in [0.717, 1.165) is 35.3 Å². The van der Waals surface area contributed by atoms with Gasteiger partial charge in [0.25, 0.3) is 11.8 Å². The standard InChI is InChI=1S/C37H41F6N3O5S/c1-3-9-30-35(51-26-22-31(52-23-26)37(41,42)43,16-8-18-46(30)33(48)32-28(36(38,39)40)12-6-17-44-32)34(49)45-19-14-25(15-20-45)27-11-4-5-13-29(27)50-21-7-10-24(2)47/h4-6,11-13,17,22-23,25,30H,3,7-10,14-16,18-21H2,1-2H3/t30-,35+/m1/s1. The molecule has 282 valence electrons. The molecule has 2 aromatic heterocycles. The van der Waals surface area contributed by atoms with E-state index in [2.05, 4.69) is 4.98 Å². The summed E-state index contributed by atoms with van der Waals surface area (Å²) in [7, 11) is 0. The number of alkyl halides is 6. The smallest absolute Gasteiger partial charge is 0.425 e. The Hall–Kier alpha value is -4.14. The zero-order chi connectivity index (χ0) is 37.7. The van der Waals surface area contributed by atoms with E-state index in [1.165, 1.54) is 11.8 Å². The number of Topliss-reactive ketones (excluding diaryl/α,β-unsaturated/α-hetero) is 1. The first kappa shape index (κ1) is 39.1. The van der Waals surface area contributed by atoms with Gasteiger partial charge in [0.15, 0.2) is 0 Å². The van der Waals surface area contributed by atoms with Gasteiger partial charge < -0.3 is 24.1 Å². The number of carbonyl (C=O) groups is 3. The number of nitrogens with zero attached hydrogens (tertiary/aromatic N) is 3. The quantitative estimate of drug-likeness (QED) is 0.136. The molecule has 1 aromatic carbocycles. The van der Waals surface area contributed by atoms with Crippen molar-refractivity contribution in [2.45, 2.75) is 95.1 Å². The number of pyridine rings is 1. The van der Waals surface area contributed by atoms with E-state index in [0.29, 0.717) is 55.8 Å². The van der Waals surface area contributed by atoms with E-state index in [1.54, 1.807) is 11.8 Å². The van der Waals surface area contributed by atoms with Crippen LogP contribution in [0.25, 0.3) is 0 Å². The maximum atomic E-state index is 14.8. The number of hydrogen-bond donors (Lipinski definition) is 0. The number of thiophene rings is 1. The van der Waals surface area contributed by atoms with Crippen LogP contribution < -0.4 is 9.47 Å². The van der Waals surface area contributed by atoms with Crippen LogP contribution in [0.4, 0.5) is 26.3 Å². The number of piperidine rings is 2. The van der Waals surface area contributed by atoms with Crippen molar-refractivity contribution in [1.82, 2.24) is 14.8 Å². The van der Waals surface area contributed by atoms with Gasteiger partial charge >= 0.3 is 12.4 Å². The van der Waals surface area contributed by atoms with Crippen LogP contribution in [0.5, 0.6) is 11.5 Å². The Kier molecular flexibility index (Phi) is 12.2. The zero-order valence-corrected chi connectivity index (χ0v) is 29.7. The lowest BCUT2D eigenvalue weighted by Gasteiger charge is -2.50. The summed E-state index contributed by atoms with van der Waals surface area (Å²) >= 11 is 0.403. The third-order valence-corrected chi connectivity index (χ3v) is 10.5. The number of rotatable bonds is 12. The molecule has 2 atom stereocenters. The summed E-state index contributed by atoms with van der Waals surface area (Å²) in [4.78, 5) is 45.8. The first-order valence-corrected chi connectivity index (χ1v) is 18.2. The van der Waals surface area contributed by atoms with Crippen molar-refractivity contribution in [2.75, 3.05) is 26.2 Å². The minimum atomic E-state index is -4.88. The fraction of sp³-hybridized carbons (Fsp3) is 0.514. The van der Waals surface area contributed by atoms with Gasteiger partial charge in [-0.2, -0.15) is 26.3 Å². The molecule has 3 aromatic rings. The largest absolute Gasteiger partial charge is 0.493 e. The third-order valence-electron chi connectivity index (χ3n) is 9.59. The van der Waals surface area contributed by atoms with E-state index in [4.69, 9.17) is 9.47 Å². The first-order valence-electron chi connectivity index (χ1n) is 17.3. The van der Waals surface area contributed by atoms with Crippen LogP contribution in [0.2, 0.25) is 0 Å². The van der Waals surface area contributed by atoms with Gasteiger partial charge in [-0.05, 0) is 68.7 Å². The molecule has 0 unspecified atom stereocenters. The van der Waals surface area contributed by atoms with Crippen molar-refractivity contribution in [3.05, 3.63) is 75.7 Å². The number of carbonyl (C=O) groups excluding carboxylic acids is 3. The Bertz CT molecular complexity index is 1720. The monoisotopic (exact) mass is 753 g/mol. The van der Waals surface area contributed by atoms with Crippen molar-refractivity contribution in [3.8, 4) is 11.5 Å². The van der Waals surface area contributed by atoms with E-state index >= 15 is 0 Å². The highest BCUT2D eigenvalue weighted by Crippen LogP contribution is 2.43. The Morgan fingerprint density at radius 2 is 1.73 bits per heavy atom. The molecule has 0 aliphatic carbocycles. The van der Waals surface area contributed by atoms with E-state index < -0.39 is 51.9 Å². The van der Waals surface area contributed by atoms with Crippen LogP contribution in [0.1, 0.15) is 97.6 Å². The van der Waals surface area contributed by atoms with Crippen LogP contribution in [0.3, 0.4) is 0 Å². The number of halogens is 6. The number of para-hydroxylation sites is 1. The van der Waals surface area contributed by atoms with Gasteiger partial charge in [-0.3, -0.25) is 14.6 Å². The average molecular weight is 754 g/mol. The molecule has 15 heteroatoms. The Labute approximate surface area is 302 Å². The second-order valence-electron chi connectivity index (χ2n) is 13.2. The van der Waals surface area contributed by atoms with Crippen molar-refractivity contribution in [1.29, 1.82) is 0 Å². The Morgan fingerprint density at radius 1 is 1.00 bits per heavy atom. The van der Waals surface area contributed by atoms with E-state index in [9.17, 15) is 40.7 Å². The highest BCUT2D eigenvalue weighted by molar-refractivity contribution is 7.10. The number of ether oxygens (including phenoxy) is 2. The van der Waals surface area contributed by atoms with Gasteiger partial charge in [0.1, 0.15) is 27.9 Å². The number of aromatic nitrogens is 1. The van der Waals surface area contributed by atoms with Crippen LogP contribution in [0.15, 0.2) is 54.0 Å². The summed E-state index contributed by atoms with van der Waals surface area (Å²) in [5.41, 5.74) is -2.98. The second kappa shape index (κ2) is 16.3. The summed E-state index contributed by atoms with van der Waals surface area (Å²) in [6, 6.07) is 9.10. The molecule has 2 aliphatic heterocycles. The zero-order valence-electron chi connectivity index (χ0n) is 28.9. The Morgan fingerprint density at radius 3 is 2.38 bits per heavy atom. The number of ketones is 1. The molecular weight excluding hydrogens is 712 g/mol. The summed E-state index contributed by atoms with van der Waals surface area (Å²) in [5.74, 6) is -1.01. The summed E-state index contributed by atoms with van der Waals surface area (Å²) in [6.07, 6.45) is -5.74. The second-order valence-corrected chi connectivity index (χ2v) is 14.1. The molecule has 2 aliphatic rings. The maximum Gasteiger partial charge on any atom is 0.425 e. The molecular formula is C37H41F6N3O5S. The summed E-state index contributed by atoms with van der Waals surface area (Å²) in [6.45, 7) is 4.19. The van der Waals surface area contributed by atoms with Gasteiger partial charge in [0, 0.05) is 50.1 Å².